The summed E-state index contributed by atoms with van der Waals surface area (Å²) in [4.78, 5) is 0. The first-order chi connectivity index (χ1) is 5.38. The van der Waals surface area contributed by atoms with Crippen LogP contribution < -0.4 is 23.6 Å². The van der Waals surface area contributed by atoms with Gasteiger partial charge in [-0.3, -0.25) is 0 Å². The molecule has 0 amide bonds. The van der Waals surface area contributed by atoms with Crippen LogP contribution in [-0.4, -0.2) is 36.2 Å². The van der Waals surface area contributed by atoms with Gasteiger partial charge in [-0.05, 0) is 18.1 Å². The van der Waals surface area contributed by atoms with Crippen molar-refractivity contribution in [3.63, 3.8) is 0 Å². The number of aliphatic hydroxyl groups is 1. The third-order valence-corrected chi connectivity index (χ3v) is 1.57. The van der Waals surface area contributed by atoms with E-state index in [-0.39, 0.29) is 44.3 Å². The van der Waals surface area contributed by atoms with E-state index in [4.69, 9.17) is 9.84 Å². The number of rotatable bonds is 3. The number of para-hydroxylation sites is 1. The van der Waals surface area contributed by atoms with Gasteiger partial charge in [0.05, 0.1) is 7.11 Å². The minimum atomic E-state index is 0. The molecule has 3 radical (unpaired) electrons. The molecule has 1 aromatic rings. The van der Waals surface area contributed by atoms with Crippen LogP contribution in [0.5, 0.6) is 5.75 Å². The smallest absolute Gasteiger partial charge is 1.00 e. The molecule has 0 aromatic heterocycles. The van der Waals surface area contributed by atoms with Crippen molar-refractivity contribution in [1.82, 2.24) is 0 Å². The Balaban J connectivity index is -0.000000403. The van der Waals surface area contributed by atoms with Crippen LogP contribution >= 0.6 is 0 Å². The molecule has 0 bridgehead atoms. The second-order valence-electron chi connectivity index (χ2n) is 2.29. The first-order valence-electron chi connectivity index (χ1n) is 3.61. The molecular formula is C9H13AlLiO2. The van der Waals surface area contributed by atoms with Crippen LogP contribution in [0.4, 0.5) is 0 Å². The predicted octanol–water partition coefficient (Wildman–Crippen LogP) is -2.03. The number of benzene rings is 1. The van der Waals surface area contributed by atoms with E-state index in [9.17, 15) is 0 Å². The minimum absolute atomic E-state index is 0. The molecule has 65 valence electrons. The van der Waals surface area contributed by atoms with Gasteiger partial charge in [-0.15, -0.1) is 0 Å². The quantitative estimate of drug-likeness (QED) is 0.553. The second-order valence-corrected chi connectivity index (χ2v) is 2.29. The Morgan fingerprint density at radius 2 is 2.00 bits per heavy atom. The summed E-state index contributed by atoms with van der Waals surface area (Å²) in [6, 6.07) is 7.70. The van der Waals surface area contributed by atoms with Crippen LogP contribution in [-0.2, 0) is 6.42 Å². The minimum Gasteiger partial charge on any atom is -1.00 e. The molecule has 0 saturated heterocycles. The number of methoxy groups -OCH3 is 1. The Labute approximate surface area is 103 Å². The fourth-order valence-electron chi connectivity index (χ4n) is 1.03. The van der Waals surface area contributed by atoms with Crippen molar-refractivity contribution in [2.45, 2.75) is 6.42 Å². The van der Waals surface area contributed by atoms with Gasteiger partial charge in [0.2, 0.25) is 0 Å². The van der Waals surface area contributed by atoms with Crippen LogP contribution in [0.15, 0.2) is 24.3 Å². The second kappa shape index (κ2) is 8.70. The molecule has 0 unspecified atom stereocenters. The van der Waals surface area contributed by atoms with E-state index in [1.807, 2.05) is 24.3 Å². The van der Waals surface area contributed by atoms with Crippen LogP contribution in [0.1, 0.15) is 6.99 Å². The van der Waals surface area contributed by atoms with Crippen molar-refractivity contribution in [3.05, 3.63) is 29.8 Å². The Bertz CT molecular complexity index is 236. The van der Waals surface area contributed by atoms with Crippen molar-refractivity contribution in [2.24, 2.45) is 0 Å². The molecule has 4 heteroatoms. The first kappa shape index (κ1) is 15.6. The van der Waals surface area contributed by atoms with E-state index in [1.165, 1.54) is 0 Å². The largest absolute Gasteiger partial charge is 1.00 e. The van der Waals surface area contributed by atoms with Crippen LogP contribution in [0.3, 0.4) is 0 Å². The number of hydrogen-bond donors (Lipinski definition) is 1. The van der Waals surface area contributed by atoms with Gasteiger partial charge in [-0.25, -0.2) is 0 Å². The van der Waals surface area contributed by atoms with E-state index in [1.54, 1.807) is 7.11 Å². The van der Waals surface area contributed by atoms with Gasteiger partial charge in [0.15, 0.2) is 0 Å². The van der Waals surface area contributed by atoms with Gasteiger partial charge >= 0.3 is 18.9 Å². The van der Waals surface area contributed by atoms with E-state index in [2.05, 4.69) is 0 Å². The predicted molar refractivity (Wildman–Crippen MR) is 50.6 cm³/mol. The third kappa shape index (κ3) is 4.77. The monoisotopic (exact) mass is 187 g/mol. The number of hydrogen-bond acceptors (Lipinski definition) is 2. The normalized spacial score (nSPS) is 8.15. The Hall–Kier alpha value is 0.110. The molecule has 0 spiro atoms. The molecule has 0 atom stereocenters. The van der Waals surface area contributed by atoms with Gasteiger partial charge < -0.3 is 11.3 Å². The average molecular weight is 187 g/mol. The Kier molecular flexibility index (Phi) is 10.4. The van der Waals surface area contributed by atoms with E-state index in [0.29, 0.717) is 6.42 Å². The first-order valence-corrected chi connectivity index (χ1v) is 3.61. The molecule has 0 aliphatic carbocycles. The zero-order valence-electron chi connectivity index (χ0n) is 9.16. The molecule has 1 rings (SSSR count). The average Bonchev–Trinajstić information content (AvgIpc) is 2.06. The van der Waals surface area contributed by atoms with Crippen molar-refractivity contribution in [2.75, 3.05) is 13.7 Å². The van der Waals surface area contributed by atoms with Gasteiger partial charge in [0, 0.05) is 24.0 Å². The summed E-state index contributed by atoms with van der Waals surface area (Å²) >= 11 is 0. The molecule has 1 aromatic carbocycles. The summed E-state index contributed by atoms with van der Waals surface area (Å²) in [5.74, 6) is 0.849. The fraction of sp³-hybridized carbons (Fsp3) is 0.333. The molecular weight excluding hydrogens is 174 g/mol. The third-order valence-electron chi connectivity index (χ3n) is 1.57. The van der Waals surface area contributed by atoms with Crippen molar-refractivity contribution >= 4 is 17.4 Å². The molecule has 13 heavy (non-hydrogen) atoms. The molecule has 0 aliphatic heterocycles. The van der Waals surface area contributed by atoms with Crippen LogP contribution in [0.2, 0.25) is 0 Å². The topological polar surface area (TPSA) is 29.5 Å². The molecule has 0 heterocycles. The standard InChI is InChI=1S/C9H12O2.Al.Li.H/c1-11-9-5-3-2-4-8(9)6-7-10;;;/h2-5,10H,6-7H2,1H3;;;/q;;+1;-1. The van der Waals surface area contributed by atoms with E-state index < -0.39 is 0 Å². The summed E-state index contributed by atoms with van der Waals surface area (Å²) in [7, 11) is 1.64. The maximum Gasteiger partial charge on any atom is 1.00 e. The maximum atomic E-state index is 8.68. The molecule has 0 fully saturated rings. The summed E-state index contributed by atoms with van der Waals surface area (Å²) < 4.78 is 5.09. The van der Waals surface area contributed by atoms with Gasteiger partial charge in [-0.1, -0.05) is 18.2 Å². The van der Waals surface area contributed by atoms with E-state index >= 15 is 0 Å². The fourth-order valence-corrected chi connectivity index (χ4v) is 1.03. The molecule has 1 N–H and O–H groups in total. The molecule has 2 nitrogen and oxygen atoms in total. The Morgan fingerprint density at radius 3 is 2.54 bits per heavy atom. The summed E-state index contributed by atoms with van der Waals surface area (Å²) in [5.41, 5.74) is 1.05. The van der Waals surface area contributed by atoms with Gasteiger partial charge in [0.25, 0.3) is 0 Å². The summed E-state index contributed by atoms with van der Waals surface area (Å²) in [5, 5.41) is 8.68. The van der Waals surface area contributed by atoms with Gasteiger partial charge in [-0.2, -0.15) is 0 Å². The summed E-state index contributed by atoms with van der Waals surface area (Å²) in [6.45, 7) is 0.167. The van der Waals surface area contributed by atoms with Crippen LogP contribution in [0, 0.1) is 0 Å². The Morgan fingerprint density at radius 1 is 1.38 bits per heavy atom. The van der Waals surface area contributed by atoms with Gasteiger partial charge in [0.1, 0.15) is 5.75 Å². The summed E-state index contributed by atoms with van der Waals surface area (Å²) in [6.07, 6.45) is 0.657. The number of aliphatic hydroxyl groups excluding tert-OH is 1. The van der Waals surface area contributed by atoms with Crippen molar-refractivity contribution in [3.8, 4) is 5.75 Å². The number of ether oxygens (including phenoxy) is 1. The zero-order chi connectivity index (χ0) is 8.10. The van der Waals surface area contributed by atoms with Crippen molar-refractivity contribution < 1.29 is 30.1 Å². The van der Waals surface area contributed by atoms with E-state index in [0.717, 1.165) is 11.3 Å². The zero-order valence-corrected chi connectivity index (χ0v) is 9.31. The van der Waals surface area contributed by atoms with Crippen LogP contribution in [0.25, 0.3) is 0 Å². The molecule has 0 aliphatic rings. The maximum absolute atomic E-state index is 8.68. The molecule has 0 saturated carbocycles. The van der Waals surface area contributed by atoms with Crippen molar-refractivity contribution in [1.29, 1.82) is 0 Å². The SMILES string of the molecule is COc1ccccc1CCO.[Al].[H-].[Li+].